The Morgan fingerprint density at radius 1 is 1.21 bits per heavy atom. The van der Waals surface area contributed by atoms with Gasteiger partial charge in [0.1, 0.15) is 5.75 Å². The topological polar surface area (TPSA) is 29.5 Å². The Hall–Kier alpha value is -1.16. The van der Waals surface area contributed by atoms with Gasteiger partial charge in [-0.1, -0.05) is 32.4 Å². The minimum atomic E-state index is -2.52. The summed E-state index contributed by atoms with van der Waals surface area (Å²) >= 11 is 0. The predicted molar refractivity (Wildman–Crippen MR) is 71.7 cm³/mol. The van der Waals surface area contributed by atoms with Crippen LogP contribution in [0, 0.1) is 0 Å². The van der Waals surface area contributed by atoms with Crippen molar-refractivity contribution in [2.24, 2.45) is 0 Å². The molecule has 0 aromatic heterocycles. The van der Waals surface area contributed by atoms with E-state index in [2.05, 4.69) is 6.92 Å². The molecule has 1 N–H and O–H groups in total. The highest BCUT2D eigenvalue weighted by molar-refractivity contribution is 5.31. The molecule has 0 aliphatic rings. The first kappa shape index (κ1) is 15.9. The van der Waals surface area contributed by atoms with E-state index in [0.717, 1.165) is 12.8 Å². The van der Waals surface area contributed by atoms with Crippen molar-refractivity contribution in [3.8, 4) is 5.75 Å². The Balaban J connectivity index is 2.72. The molecule has 0 bridgehead atoms. The van der Waals surface area contributed by atoms with E-state index in [0.29, 0.717) is 17.9 Å². The Labute approximate surface area is 113 Å². The monoisotopic (exact) mass is 272 g/mol. The summed E-state index contributed by atoms with van der Waals surface area (Å²) in [5.41, 5.74) is -0.950. The molecule has 1 rings (SSSR count). The molecule has 4 heteroatoms. The minimum absolute atomic E-state index is 0.257. The molecule has 1 atom stereocenters. The molecule has 1 aromatic carbocycles. The van der Waals surface area contributed by atoms with E-state index in [1.807, 2.05) is 0 Å². The van der Waals surface area contributed by atoms with Gasteiger partial charge in [-0.2, -0.15) is 0 Å². The summed E-state index contributed by atoms with van der Waals surface area (Å²) in [7, 11) is 0. The van der Waals surface area contributed by atoms with Crippen LogP contribution in [-0.2, 0) is 5.60 Å². The summed E-state index contributed by atoms with van der Waals surface area (Å²) in [4.78, 5) is 0. The summed E-state index contributed by atoms with van der Waals surface area (Å²) in [6, 6.07) is 6.76. The molecule has 0 aliphatic carbocycles. The predicted octanol–water partition coefficient (Wildman–Crippen LogP) is 4.12. The smallest absolute Gasteiger partial charge is 0.241 e. The molecule has 19 heavy (non-hydrogen) atoms. The lowest BCUT2D eigenvalue weighted by Crippen LogP contribution is -2.27. The summed E-state index contributed by atoms with van der Waals surface area (Å²) in [6.07, 6.45) is -0.772. The SMILES string of the molecule is CCCCOc1ccc(C(O)(CC)CC(F)F)cc1. The maximum atomic E-state index is 12.5. The fourth-order valence-electron chi connectivity index (χ4n) is 1.92. The number of ether oxygens (including phenoxy) is 1. The van der Waals surface area contributed by atoms with Gasteiger partial charge in [0.2, 0.25) is 6.43 Å². The zero-order valence-corrected chi connectivity index (χ0v) is 11.5. The maximum absolute atomic E-state index is 12.5. The van der Waals surface area contributed by atoms with E-state index in [9.17, 15) is 13.9 Å². The molecular formula is C15H22F2O2. The van der Waals surface area contributed by atoms with Gasteiger partial charge in [0.05, 0.1) is 12.2 Å². The van der Waals surface area contributed by atoms with Crippen LogP contribution in [0.3, 0.4) is 0 Å². The Morgan fingerprint density at radius 3 is 2.32 bits per heavy atom. The van der Waals surface area contributed by atoms with Crippen molar-refractivity contribution in [2.45, 2.75) is 51.6 Å². The Morgan fingerprint density at radius 2 is 1.84 bits per heavy atom. The first-order valence-corrected chi connectivity index (χ1v) is 6.75. The van der Waals surface area contributed by atoms with Crippen LogP contribution in [-0.4, -0.2) is 18.1 Å². The normalized spacial score (nSPS) is 14.4. The molecule has 0 fully saturated rings. The number of halogens is 2. The van der Waals surface area contributed by atoms with Crippen LogP contribution in [0.25, 0.3) is 0 Å². The van der Waals surface area contributed by atoms with Crippen LogP contribution >= 0.6 is 0 Å². The molecule has 1 unspecified atom stereocenters. The quantitative estimate of drug-likeness (QED) is 0.721. The summed E-state index contributed by atoms with van der Waals surface area (Å²) in [5, 5.41) is 10.2. The highest BCUT2D eigenvalue weighted by Crippen LogP contribution is 2.32. The van der Waals surface area contributed by atoms with E-state index in [1.165, 1.54) is 0 Å². The van der Waals surface area contributed by atoms with Gasteiger partial charge in [-0.3, -0.25) is 0 Å². The fourth-order valence-corrected chi connectivity index (χ4v) is 1.92. The second-order valence-corrected chi connectivity index (χ2v) is 4.71. The third kappa shape index (κ3) is 4.78. The fraction of sp³-hybridized carbons (Fsp3) is 0.600. The van der Waals surface area contributed by atoms with E-state index in [-0.39, 0.29) is 6.42 Å². The second kappa shape index (κ2) is 7.43. The van der Waals surface area contributed by atoms with Gasteiger partial charge < -0.3 is 9.84 Å². The van der Waals surface area contributed by atoms with Crippen LogP contribution in [0.15, 0.2) is 24.3 Å². The number of aliphatic hydroxyl groups is 1. The van der Waals surface area contributed by atoms with Crippen LogP contribution in [0.5, 0.6) is 5.75 Å². The lowest BCUT2D eigenvalue weighted by molar-refractivity contribution is -0.0295. The Kier molecular flexibility index (Phi) is 6.22. The van der Waals surface area contributed by atoms with Gasteiger partial charge in [-0.05, 0) is 30.5 Å². The van der Waals surface area contributed by atoms with Crippen molar-refractivity contribution < 1.29 is 18.6 Å². The van der Waals surface area contributed by atoms with Gasteiger partial charge in [-0.25, -0.2) is 8.78 Å². The highest BCUT2D eigenvalue weighted by Gasteiger charge is 2.30. The zero-order valence-electron chi connectivity index (χ0n) is 11.5. The van der Waals surface area contributed by atoms with E-state index in [1.54, 1.807) is 31.2 Å². The average Bonchev–Trinajstić information content (AvgIpc) is 2.39. The zero-order chi connectivity index (χ0) is 14.3. The molecule has 0 aliphatic heterocycles. The Bertz CT molecular complexity index is 365. The molecular weight excluding hydrogens is 250 g/mol. The van der Waals surface area contributed by atoms with Crippen molar-refractivity contribution in [3.63, 3.8) is 0 Å². The van der Waals surface area contributed by atoms with Gasteiger partial charge >= 0.3 is 0 Å². The summed E-state index contributed by atoms with van der Waals surface area (Å²) in [5.74, 6) is 0.702. The van der Waals surface area contributed by atoms with Crippen molar-refractivity contribution in [1.82, 2.24) is 0 Å². The van der Waals surface area contributed by atoms with Gasteiger partial charge in [-0.15, -0.1) is 0 Å². The number of alkyl halides is 2. The second-order valence-electron chi connectivity index (χ2n) is 4.71. The summed E-state index contributed by atoms with van der Waals surface area (Å²) in [6.45, 7) is 4.43. The van der Waals surface area contributed by atoms with E-state index >= 15 is 0 Å². The number of hydrogen-bond acceptors (Lipinski definition) is 2. The standard InChI is InChI=1S/C15H22F2O2/c1-3-5-10-19-13-8-6-12(7-9-13)15(18,4-2)11-14(16)17/h6-9,14,18H,3-5,10-11H2,1-2H3. The number of hydrogen-bond donors (Lipinski definition) is 1. The molecule has 1 aromatic rings. The van der Waals surface area contributed by atoms with Crippen LogP contribution in [0.4, 0.5) is 8.78 Å². The van der Waals surface area contributed by atoms with Crippen LogP contribution in [0.1, 0.15) is 45.1 Å². The first-order chi connectivity index (χ1) is 9.01. The first-order valence-electron chi connectivity index (χ1n) is 6.75. The van der Waals surface area contributed by atoms with Crippen LogP contribution < -0.4 is 4.74 Å². The molecule has 0 saturated carbocycles. The number of benzene rings is 1. The highest BCUT2D eigenvalue weighted by atomic mass is 19.3. The largest absolute Gasteiger partial charge is 0.494 e. The molecule has 108 valence electrons. The summed E-state index contributed by atoms with van der Waals surface area (Å²) < 4.78 is 30.5. The average molecular weight is 272 g/mol. The van der Waals surface area contributed by atoms with E-state index in [4.69, 9.17) is 4.74 Å². The molecule has 0 spiro atoms. The van der Waals surface area contributed by atoms with E-state index < -0.39 is 18.4 Å². The third-order valence-corrected chi connectivity index (χ3v) is 3.24. The molecule has 0 amide bonds. The van der Waals surface area contributed by atoms with Crippen molar-refractivity contribution in [1.29, 1.82) is 0 Å². The van der Waals surface area contributed by atoms with Crippen molar-refractivity contribution in [3.05, 3.63) is 29.8 Å². The third-order valence-electron chi connectivity index (χ3n) is 3.24. The maximum Gasteiger partial charge on any atom is 0.241 e. The molecule has 0 saturated heterocycles. The van der Waals surface area contributed by atoms with Gasteiger partial charge in [0.25, 0.3) is 0 Å². The lowest BCUT2D eigenvalue weighted by Gasteiger charge is -2.27. The number of unbranched alkanes of at least 4 members (excludes halogenated alkanes) is 1. The van der Waals surface area contributed by atoms with Crippen LogP contribution in [0.2, 0.25) is 0 Å². The van der Waals surface area contributed by atoms with Crippen molar-refractivity contribution >= 4 is 0 Å². The van der Waals surface area contributed by atoms with Gasteiger partial charge in [0.15, 0.2) is 0 Å². The van der Waals surface area contributed by atoms with Gasteiger partial charge in [0, 0.05) is 6.42 Å². The molecule has 0 heterocycles. The minimum Gasteiger partial charge on any atom is -0.494 e. The molecule has 0 radical (unpaired) electrons. The lowest BCUT2D eigenvalue weighted by atomic mass is 9.88. The number of rotatable bonds is 8. The molecule has 2 nitrogen and oxygen atoms in total. The van der Waals surface area contributed by atoms with Crippen molar-refractivity contribution in [2.75, 3.05) is 6.61 Å².